The highest BCUT2D eigenvalue weighted by molar-refractivity contribution is 5.45. The van der Waals surface area contributed by atoms with E-state index < -0.39 is 0 Å². The zero-order valence-electron chi connectivity index (χ0n) is 10.9. The van der Waals surface area contributed by atoms with Gasteiger partial charge in [-0.05, 0) is 24.7 Å². The molecule has 1 fully saturated rings. The molecule has 1 aliphatic carbocycles. The van der Waals surface area contributed by atoms with Gasteiger partial charge in [-0.15, -0.1) is 0 Å². The fourth-order valence-corrected chi connectivity index (χ4v) is 2.62. The summed E-state index contributed by atoms with van der Waals surface area (Å²) in [5.41, 5.74) is 0. The molecule has 5 heteroatoms. The van der Waals surface area contributed by atoms with E-state index in [0.29, 0.717) is 18.4 Å². The van der Waals surface area contributed by atoms with Crippen LogP contribution in [0.15, 0.2) is 12.4 Å². The fraction of sp³-hybridized carbons (Fsp3) is 0.692. The Morgan fingerprint density at radius 3 is 2.67 bits per heavy atom. The van der Waals surface area contributed by atoms with Crippen molar-refractivity contribution in [2.75, 3.05) is 30.8 Å². The number of hydrogen-bond acceptors (Lipinski definition) is 5. The van der Waals surface area contributed by atoms with Crippen LogP contribution in [0.3, 0.4) is 0 Å². The lowest BCUT2D eigenvalue weighted by atomic mass is 9.79. The Morgan fingerprint density at radius 2 is 1.94 bits per heavy atom. The maximum absolute atomic E-state index is 9.38. The Hall–Kier alpha value is -1.36. The minimum absolute atomic E-state index is 0.303. The maximum Gasteiger partial charge on any atom is 0.131 e. The van der Waals surface area contributed by atoms with Gasteiger partial charge in [0, 0.05) is 26.3 Å². The third kappa shape index (κ3) is 3.32. The second kappa shape index (κ2) is 6.54. The lowest BCUT2D eigenvalue weighted by molar-refractivity contribution is 0.141. The topological polar surface area (TPSA) is 70.1 Å². The number of nitrogens with zero attached hydrogens (tertiary/aromatic N) is 2. The van der Waals surface area contributed by atoms with Gasteiger partial charge in [0.25, 0.3) is 0 Å². The molecule has 0 radical (unpaired) electrons. The summed E-state index contributed by atoms with van der Waals surface area (Å²) in [6, 6.07) is 1.90. The summed E-state index contributed by atoms with van der Waals surface area (Å²) in [4.78, 5) is 8.28. The molecular formula is C13H22N4O. The van der Waals surface area contributed by atoms with Crippen molar-refractivity contribution in [3.05, 3.63) is 12.4 Å². The van der Waals surface area contributed by atoms with Crippen LogP contribution in [0.2, 0.25) is 0 Å². The first kappa shape index (κ1) is 13.1. The average molecular weight is 250 g/mol. The number of aliphatic hydroxyl groups is 1. The number of rotatable bonds is 5. The van der Waals surface area contributed by atoms with Gasteiger partial charge in [-0.1, -0.05) is 12.8 Å². The molecule has 0 spiro atoms. The van der Waals surface area contributed by atoms with Crippen molar-refractivity contribution in [2.45, 2.75) is 25.7 Å². The van der Waals surface area contributed by atoms with Gasteiger partial charge in [-0.3, -0.25) is 0 Å². The molecule has 1 saturated carbocycles. The summed E-state index contributed by atoms with van der Waals surface area (Å²) in [6.45, 7) is 1.18. The van der Waals surface area contributed by atoms with Gasteiger partial charge in [-0.2, -0.15) is 0 Å². The van der Waals surface area contributed by atoms with Crippen LogP contribution < -0.4 is 10.6 Å². The zero-order chi connectivity index (χ0) is 12.8. The minimum Gasteiger partial charge on any atom is -0.396 e. The van der Waals surface area contributed by atoms with Crippen LogP contribution in [0.4, 0.5) is 11.6 Å². The van der Waals surface area contributed by atoms with E-state index in [1.54, 1.807) is 6.33 Å². The molecule has 1 aliphatic rings. The molecule has 2 unspecified atom stereocenters. The lowest BCUT2D eigenvalue weighted by Crippen LogP contribution is -2.28. The van der Waals surface area contributed by atoms with E-state index in [-0.39, 0.29) is 0 Å². The molecule has 100 valence electrons. The molecule has 1 heterocycles. The van der Waals surface area contributed by atoms with Crippen LogP contribution in [-0.4, -0.2) is 35.3 Å². The van der Waals surface area contributed by atoms with E-state index in [2.05, 4.69) is 20.6 Å². The Balaban J connectivity index is 1.89. The van der Waals surface area contributed by atoms with Crippen LogP contribution in [-0.2, 0) is 0 Å². The Kier molecular flexibility index (Phi) is 4.75. The first-order valence-electron chi connectivity index (χ1n) is 6.68. The van der Waals surface area contributed by atoms with Gasteiger partial charge in [0.1, 0.15) is 18.0 Å². The van der Waals surface area contributed by atoms with E-state index >= 15 is 0 Å². The molecule has 2 atom stereocenters. The van der Waals surface area contributed by atoms with Gasteiger partial charge >= 0.3 is 0 Å². The van der Waals surface area contributed by atoms with E-state index in [4.69, 9.17) is 0 Å². The van der Waals surface area contributed by atoms with Crippen LogP contribution in [0.1, 0.15) is 25.7 Å². The summed E-state index contributed by atoms with van der Waals surface area (Å²) in [6.07, 6.45) is 6.42. The van der Waals surface area contributed by atoms with E-state index in [1.165, 1.54) is 19.3 Å². The van der Waals surface area contributed by atoms with Crippen molar-refractivity contribution < 1.29 is 5.11 Å². The van der Waals surface area contributed by atoms with Crippen molar-refractivity contribution in [3.63, 3.8) is 0 Å². The predicted octanol–water partition coefficient (Wildman–Crippen LogP) is 1.73. The second-order valence-electron chi connectivity index (χ2n) is 4.91. The molecule has 0 aliphatic heterocycles. The molecule has 18 heavy (non-hydrogen) atoms. The third-order valence-corrected chi connectivity index (χ3v) is 3.77. The van der Waals surface area contributed by atoms with Crippen LogP contribution in [0, 0.1) is 11.8 Å². The number of aromatic nitrogens is 2. The molecule has 1 aromatic heterocycles. The first-order chi connectivity index (χ1) is 8.83. The van der Waals surface area contributed by atoms with Gasteiger partial charge in [0.2, 0.25) is 0 Å². The molecule has 3 N–H and O–H groups in total. The molecule has 0 bridgehead atoms. The first-order valence-corrected chi connectivity index (χ1v) is 6.68. The predicted molar refractivity (Wildman–Crippen MR) is 72.6 cm³/mol. The highest BCUT2D eigenvalue weighted by Crippen LogP contribution is 2.29. The zero-order valence-corrected chi connectivity index (χ0v) is 10.9. The third-order valence-electron chi connectivity index (χ3n) is 3.77. The summed E-state index contributed by atoms with van der Waals surface area (Å²) in [7, 11) is 1.84. The Labute approximate surface area is 108 Å². The van der Waals surface area contributed by atoms with Gasteiger partial charge in [-0.25, -0.2) is 9.97 Å². The minimum atomic E-state index is 0.303. The van der Waals surface area contributed by atoms with Crippen molar-refractivity contribution in [3.8, 4) is 0 Å². The summed E-state index contributed by atoms with van der Waals surface area (Å²) < 4.78 is 0. The SMILES string of the molecule is CNc1cc(NCC2CCCCC2CO)ncn1. The average Bonchev–Trinajstić information content (AvgIpc) is 2.45. The Bertz CT molecular complexity index is 372. The van der Waals surface area contributed by atoms with Gasteiger partial charge in [0.05, 0.1) is 0 Å². The van der Waals surface area contributed by atoms with Crippen molar-refractivity contribution in [1.82, 2.24) is 9.97 Å². The summed E-state index contributed by atoms with van der Waals surface area (Å²) in [5, 5.41) is 15.7. The van der Waals surface area contributed by atoms with Crippen LogP contribution in [0.5, 0.6) is 0 Å². The normalized spacial score (nSPS) is 23.7. The van der Waals surface area contributed by atoms with E-state index in [1.807, 2.05) is 13.1 Å². The summed E-state index contributed by atoms with van der Waals surface area (Å²) >= 11 is 0. The van der Waals surface area contributed by atoms with Crippen LogP contribution in [0.25, 0.3) is 0 Å². The Morgan fingerprint density at radius 1 is 1.22 bits per heavy atom. The summed E-state index contributed by atoms with van der Waals surface area (Å²) in [5.74, 6) is 2.65. The molecular weight excluding hydrogens is 228 g/mol. The standard InChI is InChI=1S/C13H22N4O/c1-14-12-6-13(17-9-16-12)15-7-10-4-2-3-5-11(10)8-18/h6,9-11,18H,2-5,7-8H2,1H3,(H2,14,15,16,17). The maximum atomic E-state index is 9.38. The molecule has 1 aromatic rings. The fourth-order valence-electron chi connectivity index (χ4n) is 2.62. The molecule has 5 nitrogen and oxygen atoms in total. The van der Waals surface area contributed by atoms with E-state index in [0.717, 1.165) is 24.6 Å². The second-order valence-corrected chi connectivity index (χ2v) is 4.91. The highest BCUT2D eigenvalue weighted by atomic mass is 16.3. The largest absolute Gasteiger partial charge is 0.396 e. The van der Waals surface area contributed by atoms with Gasteiger partial charge in [0.15, 0.2) is 0 Å². The van der Waals surface area contributed by atoms with E-state index in [9.17, 15) is 5.11 Å². The van der Waals surface area contributed by atoms with Gasteiger partial charge < -0.3 is 15.7 Å². The molecule has 0 aromatic carbocycles. The molecule has 2 rings (SSSR count). The molecule has 0 saturated heterocycles. The molecule has 0 amide bonds. The number of aliphatic hydroxyl groups excluding tert-OH is 1. The van der Waals surface area contributed by atoms with Crippen molar-refractivity contribution in [2.24, 2.45) is 11.8 Å². The van der Waals surface area contributed by atoms with Crippen LogP contribution >= 0.6 is 0 Å². The number of hydrogen-bond donors (Lipinski definition) is 3. The highest BCUT2D eigenvalue weighted by Gasteiger charge is 2.24. The van der Waals surface area contributed by atoms with Crippen molar-refractivity contribution >= 4 is 11.6 Å². The number of anilines is 2. The monoisotopic (exact) mass is 250 g/mol. The quantitative estimate of drug-likeness (QED) is 0.742. The number of nitrogens with one attached hydrogen (secondary N) is 2. The lowest BCUT2D eigenvalue weighted by Gasteiger charge is -2.30. The smallest absolute Gasteiger partial charge is 0.131 e. The van der Waals surface area contributed by atoms with Crippen molar-refractivity contribution in [1.29, 1.82) is 0 Å².